The van der Waals surface area contributed by atoms with Gasteiger partial charge in [-0.2, -0.15) is 0 Å². The van der Waals surface area contributed by atoms with Gasteiger partial charge in [-0.05, 0) is 53.1 Å². The van der Waals surface area contributed by atoms with E-state index in [4.69, 9.17) is 4.74 Å². The molecule has 2 aromatic rings. The van der Waals surface area contributed by atoms with Crippen LogP contribution in [0, 0.1) is 0 Å². The van der Waals surface area contributed by atoms with Crippen molar-refractivity contribution < 1.29 is 9.53 Å². The number of methoxy groups -OCH3 is 1. The molecule has 0 aliphatic carbocycles. The quantitative estimate of drug-likeness (QED) is 0.860. The van der Waals surface area contributed by atoms with E-state index in [1.165, 1.54) is 11.1 Å². The maximum absolute atomic E-state index is 12.4. The molecule has 0 saturated carbocycles. The number of carbonyl (C=O) groups excluding carboxylic acids is 1. The lowest BCUT2D eigenvalue weighted by molar-refractivity contribution is 0.0951. The number of nitrogens with one attached hydrogen (secondary N) is 2. The van der Waals surface area contributed by atoms with Gasteiger partial charge in [-0.25, -0.2) is 0 Å². The van der Waals surface area contributed by atoms with E-state index >= 15 is 0 Å². The second-order valence-electron chi connectivity index (χ2n) is 6.72. The van der Waals surface area contributed by atoms with Crippen LogP contribution in [0.5, 0.6) is 5.75 Å². The van der Waals surface area contributed by atoms with Crippen LogP contribution in [-0.2, 0) is 6.54 Å². The number of anilines is 1. The van der Waals surface area contributed by atoms with E-state index in [0.717, 1.165) is 36.6 Å². The Labute approximate surface area is 159 Å². The van der Waals surface area contributed by atoms with E-state index in [-0.39, 0.29) is 5.91 Å². The highest BCUT2D eigenvalue weighted by Gasteiger charge is 2.18. The van der Waals surface area contributed by atoms with Crippen LogP contribution in [0.4, 0.5) is 5.69 Å². The van der Waals surface area contributed by atoms with Gasteiger partial charge < -0.3 is 20.3 Å². The van der Waals surface area contributed by atoms with Crippen molar-refractivity contribution in [2.24, 2.45) is 0 Å². The summed E-state index contributed by atoms with van der Waals surface area (Å²) in [7, 11) is 1.64. The van der Waals surface area contributed by atoms with Crippen LogP contribution in [0.2, 0.25) is 0 Å². The average molecular weight is 361 g/mol. The van der Waals surface area contributed by atoms with Crippen molar-refractivity contribution in [1.82, 2.24) is 10.6 Å². The van der Waals surface area contributed by atoms with Gasteiger partial charge in [-0.1, -0.05) is 18.2 Å². The number of rotatable bonds is 5. The number of benzene rings is 2. The molecule has 5 heteroatoms. The van der Waals surface area contributed by atoms with Crippen molar-refractivity contribution in [3.05, 3.63) is 83.1 Å². The summed E-state index contributed by atoms with van der Waals surface area (Å²) in [5, 5.41) is 6.33. The van der Waals surface area contributed by atoms with E-state index < -0.39 is 0 Å². The van der Waals surface area contributed by atoms with Gasteiger partial charge in [0.2, 0.25) is 0 Å². The molecule has 0 unspecified atom stereocenters. The minimum absolute atomic E-state index is 0.0801. The summed E-state index contributed by atoms with van der Waals surface area (Å²) in [5.74, 6) is 0.708. The van der Waals surface area contributed by atoms with Gasteiger partial charge in [-0.15, -0.1) is 0 Å². The fraction of sp³-hybridized carbons (Fsp3) is 0.227. The molecule has 1 saturated heterocycles. The summed E-state index contributed by atoms with van der Waals surface area (Å²) in [6.07, 6.45) is 4.47. The highest BCUT2D eigenvalue weighted by molar-refractivity contribution is 5.94. The zero-order chi connectivity index (χ0) is 18.6. The molecule has 0 spiro atoms. The molecule has 1 amide bonds. The zero-order valence-electron chi connectivity index (χ0n) is 15.4. The molecule has 2 aliphatic heterocycles. The summed E-state index contributed by atoms with van der Waals surface area (Å²) in [6.45, 7) is 3.22. The van der Waals surface area contributed by atoms with Crippen molar-refractivity contribution >= 4 is 11.6 Å². The highest BCUT2D eigenvalue weighted by atomic mass is 16.5. The standard InChI is InChI=1S/C22H23N3O2/c1-27-21-4-2-3-16(11-21)12-24-22(26)17-5-7-20(8-6-17)25-10-9-18-13-23-14-19(18)15-25/h2-9,11,15,23H,10,12-14H2,1H3,(H,24,26). The maximum atomic E-state index is 12.4. The Kier molecular flexibility index (Phi) is 4.94. The topological polar surface area (TPSA) is 53.6 Å². The number of carbonyl (C=O) groups is 1. The number of hydrogen-bond acceptors (Lipinski definition) is 4. The third kappa shape index (κ3) is 3.88. The summed E-state index contributed by atoms with van der Waals surface area (Å²) in [5.41, 5.74) is 5.51. The van der Waals surface area contributed by atoms with E-state index in [1.807, 2.05) is 48.5 Å². The zero-order valence-corrected chi connectivity index (χ0v) is 15.4. The van der Waals surface area contributed by atoms with Gasteiger partial charge in [0.1, 0.15) is 5.75 Å². The molecule has 2 aromatic carbocycles. The van der Waals surface area contributed by atoms with Crippen LogP contribution < -0.4 is 20.3 Å². The molecule has 4 rings (SSSR count). The summed E-state index contributed by atoms with van der Waals surface area (Å²) >= 11 is 0. The first-order valence-electron chi connectivity index (χ1n) is 9.11. The summed E-state index contributed by atoms with van der Waals surface area (Å²) in [4.78, 5) is 14.6. The molecule has 138 valence electrons. The Bertz CT molecular complexity index is 900. The largest absolute Gasteiger partial charge is 0.497 e. The lowest BCUT2D eigenvalue weighted by Gasteiger charge is -2.24. The smallest absolute Gasteiger partial charge is 0.251 e. The number of ether oxygens (including phenoxy) is 1. The number of hydrogen-bond donors (Lipinski definition) is 2. The van der Waals surface area contributed by atoms with Crippen LogP contribution in [0.25, 0.3) is 0 Å². The third-order valence-electron chi connectivity index (χ3n) is 4.94. The predicted octanol–water partition coefficient (Wildman–Crippen LogP) is 2.86. The van der Waals surface area contributed by atoms with E-state index in [9.17, 15) is 4.79 Å². The molecule has 5 nitrogen and oxygen atoms in total. The molecule has 0 atom stereocenters. The predicted molar refractivity (Wildman–Crippen MR) is 107 cm³/mol. The van der Waals surface area contributed by atoms with Crippen molar-refractivity contribution in [3.8, 4) is 5.75 Å². The number of amides is 1. The van der Waals surface area contributed by atoms with Gasteiger partial charge in [-0.3, -0.25) is 4.79 Å². The fourth-order valence-electron chi connectivity index (χ4n) is 3.39. The SMILES string of the molecule is COc1cccc(CNC(=O)c2ccc(N3C=C4CNCC4=CC3)cc2)c1. The Hall–Kier alpha value is -3.05. The Balaban J connectivity index is 1.38. The normalized spacial score (nSPS) is 15.7. The van der Waals surface area contributed by atoms with Crippen molar-refractivity contribution in [1.29, 1.82) is 0 Å². The summed E-state index contributed by atoms with van der Waals surface area (Å²) < 4.78 is 5.21. The van der Waals surface area contributed by atoms with Crippen LogP contribution in [0.3, 0.4) is 0 Å². The molecule has 0 aromatic heterocycles. The van der Waals surface area contributed by atoms with Crippen molar-refractivity contribution in [2.45, 2.75) is 6.54 Å². The molecule has 2 N–H and O–H groups in total. The van der Waals surface area contributed by atoms with Gasteiger partial charge >= 0.3 is 0 Å². The minimum Gasteiger partial charge on any atom is -0.497 e. The molecular weight excluding hydrogens is 338 g/mol. The number of fused-ring (bicyclic) bond motifs is 1. The molecule has 0 radical (unpaired) electrons. The molecule has 27 heavy (non-hydrogen) atoms. The van der Waals surface area contributed by atoms with Gasteiger partial charge in [0, 0.05) is 43.6 Å². The average Bonchev–Trinajstić information content (AvgIpc) is 3.20. The van der Waals surface area contributed by atoms with Gasteiger partial charge in [0.25, 0.3) is 5.91 Å². The van der Waals surface area contributed by atoms with Crippen molar-refractivity contribution in [3.63, 3.8) is 0 Å². The number of nitrogens with zero attached hydrogens (tertiary/aromatic N) is 1. The Morgan fingerprint density at radius 1 is 1.15 bits per heavy atom. The summed E-state index contributed by atoms with van der Waals surface area (Å²) in [6, 6.07) is 15.4. The second-order valence-corrected chi connectivity index (χ2v) is 6.72. The van der Waals surface area contributed by atoms with Crippen LogP contribution in [0.15, 0.2) is 72.0 Å². The first-order chi connectivity index (χ1) is 13.2. The van der Waals surface area contributed by atoms with E-state index in [1.54, 1.807) is 7.11 Å². The minimum atomic E-state index is -0.0801. The molecule has 0 bridgehead atoms. The monoisotopic (exact) mass is 361 g/mol. The first kappa shape index (κ1) is 17.4. The fourth-order valence-corrected chi connectivity index (χ4v) is 3.39. The van der Waals surface area contributed by atoms with Gasteiger partial charge in [0.15, 0.2) is 0 Å². The molecule has 2 aliphatic rings. The highest BCUT2D eigenvalue weighted by Crippen LogP contribution is 2.24. The second kappa shape index (κ2) is 7.68. The van der Waals surface area contributed by atoms with E-state index in [2.05, 4.69) is 27.8 Å². The van der Waals surface area contributed by atoms with E-state index in [0.29, 0.717) is 12.1 Å². The first-order valence-corrected chi connectivity index (χ1v) is 9.11. The van der Waals surface area contributed by atoms with Crippen LogP contribution >= 0.6 is 0 Å². The Morgan fingerprint density at radius 2 is 1.96 bits per heavy atom. The third-order valence-corrected chi connectivity index (χ3v) is 4.94. The van der Waals surface area contributed by atoms with Gasteiger partial charge in [0.05, 0.1) is 7.11 Å². The van der Waals surface area contributed by atoms with Crippen LogP contribution in [-0.4, -0.2) is 32.7 Å². The van der Waals surface area contributed by atoms with Crippen LogP contribution in [0.1, 0.15) is 15.9 Å². The maximum Gasteiger partial charge on any atom is 0.251 e. The lowest BCUT2D eigenvalue weighted by atomic mass is 10.1. The van der Waals surface area contributed by atoms with Crippen molar-refractivity contribution in [2.75, 3.05) is 31.6 Å². The molecular formula is C22H23N3O2. The molecule has 2 heterocycles. The Morgan fingerprint density at radius 3 is 2.78 bits per heavy atom. The molecule has 1 fully saturated rings. The lowest BCUT2D eigenvalue weighted by Crippen LogP contribution is -2.23.